The normalized spacial score (nSPS) is 14.0. The maximum atomic E-state index is 12.9. The molecule has 1 aliphatic rings. The Hall–Kier alpha value is -4.08. The molecule has 1 N–H and O–H groups in total. The fourth-order valence-corrected chi connectivity index (χ4v) is 3.70. The highest BCUT2D eigenvalue weighted by atomic mass is 16.6. The minimum absolute atomic E-state index is 0.0931. The molecule has 0 aliphatic heterocycles. The summed E-state index contributed by atoms with van der Waals surface area (Å²) in [5.41, 5.74) is 1.43. The van der Waals surface area contributed by atoms with Crippen molar-refractivity contribution >= 4 is 28.8 Å². The summed E-state index contributed by atoms with van der Waals surface area (Å²) < 4.78 is 5.14. The van der Waals surface area contributed by atoms with Crippen molar-refractivity contribution in [1.29, 1.82) is 0 Å². The van der Waals surface area contributed by atoms with E-state index in [-0.39, 0.29) is 12.2 Å². The number of fused-ring (bicyclic) bond motifs is 1. The summed E-state index contributed by atoms with van der Waals surface area (Å²) >= 11 is 0. The van der Waals surface area contributed by atoms with Crippen LogP contribution in [0.1, 0.15) is 35.3 Å². The number of esters is 1. The van der Waals surface area contributed by atoms with Gasteiger partial charge >= 0.3 is 5.97 Å². The van der Waals surface area contributed by atoms with E-state index in [1.165, 1.54) is 0 Å². The molecule has 10 heteroatoms. The molecular weight excluding hydrogens is 418 g/mol. The summed E-state index contributed by atoms with van der Waals surface area (Å²) in [5, 5.41) is 24.8. The van der Waals surface area contributed by atoms with E-state index in [1.54, 1.807) is 13.8 Å². The molecule has 2 aromatic rings. The molecule has 0 saturated heterocycles. The molecular formula is C22H21N3O7. The number of carbonyl (C=O) groups is 2. The smallest absolute Gasteiger partial charge is 0.329 e. The molecule has 1 amide bonds. The van der Waals surface area contributed by atoms with Gasteiger partial charge in [0, 0.05) is 18.1 Å². The Labute approximate surface area is 183 Å². The third-order valence-corrected chi connectivity index (χ3v) is 5.27. The second-order valence-corrected chi connectivity index (χ2v) is 7.26. The molecule has 0 saturated carbocycles. The first kappa shape index (κ1) is 22.6. The van der Waals surface area contributed by atoms with E-state index in [0.717, 1.165) is 34.9 Å². The Balaban J connectivity index is 1.93. The lowest BCUT2D eigenvalue weighted by atomic mass is 9.89. The van der Waals surface area contributed by atoms with E-state index in [9.17, 15) is 29.8 Å². The van der Waals surface area contributed by atoms with E-state index >= 15 is 0 Å². The van der Waals surface area contributed by atoms with Crippen LogP contribution in [0.2, 0.25) is 0 Å². The van der Waals surface area contributed by atoms with Crippen molar-refractivity contribution in [3.8, 4) is 0 Å². The van der Waals surface area contributed by atoms with Gasteiger partial charge in [0.15, 0.2) is 0 Å². The monoisotopic (exact) mass is 439 g/mol. The molecule has 10 nitrogen and oxygen atoms in total. The van der Waals surface area contributed by atoms with E-state index in [0.29, 0.717) is 6.42 Å². The number of allylic oxidation sites excluding steroid dienone is 1. The summed E-state index contributed by atoms with van der Waals surface area (Å²) in [5.74, 6) is -2.00. The molecule has 0 aromatic heterocycles. The van der Waals surface area contributed by atoms with Gasteiger partial charge in [-0.25, -0.2) is 4.79 Å². The van der Waals surface area contributed by atoms with E-state index < -0.39 is 45.1 Å². The molecule has 0 bridgehead atoms. The first-order valence-corrected chi connectivity index (χ1v) is 9.92. The van der Waals surface area contributed by atoms with Crippen LogP contribution in [0, 0.1) is 26.1 Å². The SMILES string of the molecule is CCOC(=O)[C@@H](NC(=O)c1cc([N+](=O)[O-])cc([N+](=O)[O-])c1)[C@@H](C)C1=CCc2ccccc21. The number of nitrogens with one attached hydrogen (secondary N) is 1. The Morgan fingerprint density at radius 3 is 2.31 bits per heavy atom. The predicted molar refractivity (Wildman–Crippen MR) is 115 cm³/mol. The van der Waals surface area contributed by atoms with Crippen LogP contribution in [0.25, 0.3) is 5.57 Å². The molecule has 0 heterocycles. The average molecular weight is 439 g/mol. The summed E-state index contributed by atoms with van der Waals surface area (Å²) in [6.45, 7) is 3.50. The average Bonchev–Trinajstić information content (AvgIpc) is 3.20. The molecule has 0 radical (unpaired) electrons. The number of carbonyl (C=O) groups excluding carboxylic acids is 2. The number of nitro benzene ring substituents is 2. The van der Waals surface area contributed by atoms with Crippen molar-refractivity contribution in [3.63, 3.8) is 0 Å². The van der Waals surface area contributed by atoms with Crippen LogP contribution in [0.5, 0.6) is 0 Å². The van der Waals surface area contributed by atoms with Crippen LogP contribution in [0.15, 0.2) is 48.5 Å². The topological polar surface area (TPSA) is 142 Å². The number of non-ortho nitro benzene ring substituents is 2. The van der Waals surface area contributed by atoms with Gasteiger partial charge in [0.25, 0.3) is 17.3 Å². The van der Waals surface area contributed by atoms with Crippen molar-refractivity contribution < 1.29 is 24.2 Å². The van der Waals surface area contributed by atoms with Gasteiger partial charge in [0.1, 0.15) is 6.04 Å². The highest BCUT2D eigenvalue weighted by Crippen LogP contribution is 2.34. The zero-order valence-electron chi connectivity index (χ0n) is 17.4. The molecule has 32 heavy (non-hydrogen) atoms. The Morgan fingerprint density at radius 2 is 1.72 bits per heavy atom. The summed E-state index contributed by atoms with van der Waals surface area (Å²) in [4.78, 5) is 46.2. The lowest BCUT2D eigenvalue weighted by Crippen LogP contribution is -2.46. The van der Waals surface area contributed by atoms with Crippen LogP contribution >= 0.6 is 0 Å². The van der Waals surface area contributed by atoms with Gasteiger partial charge in [-0.15, -0.1) is 0 Å². The fourth-order valence-electron chi connectivity index (χ4n) is 3.70. The second-order valence-electron chi connectivity index (χ2n) is 7.26. The van der Waals surface area contributed by atoms with Crippen molar-refractivity contribution in [2.24, 2.45) is 5.92 Å². The number of amides is 1. The van der Waals surface area contributed by atoms with Crippen molar-refractivity contribution in [2.45, 2.75) is 26.3 Å². The number of ether oxygens (including phenoxy) is 1. The zero-order valence-corrected chi connectivity index (χ0v) is 17.4. The third kappa shape index (κ3) is 4.64. The lowest BCUT2D eigenvalue weighted by Gasteiger charge is -2.25. The van der Waals surface area contributed by atoms with Crippen molar-refractivity contribution in [2.75, 3.05) is 6.61 Å². The largest absolute Gasteiger partial charge is 0.464 e. The molecule has 0 fully saturated rings. The van der Waals surface area contributed by atoms with Gasteiger partial charge in [-0.05, 0) is 30.0 Å². The number of hydrogen-bond acceptors (Lipinski definition) is 7. The molecule has 166 valence electrons. The summed E-state index contributed by atoms with van der Waals surface area (Å²) in [6.07, 6.45) is 2.67. The molecule has 3 rings (SSSR count). The van der Waals surface area contributed by atoms with E-state index in [4.69, 9.17) is 4.74 Å². The van der Waals surface area contributed by atoms with Crippen LogP contribution in [-0.2, 0) is 16.0 Å². The van der Waals surface area contributed by atoms with Gasteiger partial charge in [-0.3, -0.25) is 25.0 Å². The Bertz CT molecular complexity index is 1090. The Kier molecular flexibility index (Phi) is 6.62. The maximum Gasteiger partial charge on any atom is 0.329 e. The van der Waals surface area contributed by atoms with Crippen molar-refractivity contribution in [1.82, 2.24) is 5.32 Å². The van der Waals surface area contributed by atoms with Gasteiger partial charge in [-0.2, -0.15) is 0 Å². The van der Waals surface area contributed by atoms with Crippen LogP contribution < -0.4 is 5.32 Å². The number of hydrogen-bond donors (Lipinski definition) is 1. The molecule has 0 unspecified atom stereocenters. The quantitative estimate of drug-likeness (QED) is 0.377. The van der Waals surface area contributed by atoms with Crippen LogP contribution in [0.3, 0.4) is 0 Å². The predicted octanol–water partition coefficient (Wildman–Crippen LogP) is 3.44. The molecule has 2 aromatic carbocycles. The number of rotatable bonds is 8. The number of benzene rings is 2. The lowest BCUT2D eigenvalue weighted by molar-refractivity contribution is -0.394. The van der Waals surface area contributed by atoms with E-state index in [1.807, 2.05) is 30.3 Å². The number of nitrogens with zero attached hydrogens (tertiary/aromatic N) is 2. The van der Waals surface area contributed by atoms with E-state index in [2.05, 4.69) is 5.32 Å². The molecule has 0 spiro atoms. The Morgan fingerprint density at radius 1 is 1.09 bits per heavy atom. The molecule has 1 aliphatic carbocycles. The minimum Gasteiger partial charge on any atom is -0.464 e. The maximum absolute atomic E-state index is 12.9. The third-order valence-electron chi connectivity index (χ3n) is 5.27. The highest BCUT2D eigenvalue weighted by Gasteiger charge is 2.33. The van der Waals surface area contributed by atoms with Crippen LogP contribution in [-0.4, -0.2) is 34.4 Å². The van der Waals surface area contributed by atoms with Gasteiger partial charge in [0.05, 0.1) is 28.1 Å². The van der Waals surface area contributed by atoms with Gasteiger partial charge in [0.2, 0.25) is 0 Å². The first-order chi connectivity index (χ1) is 15.2. The summed E-state index contributed by atoms with van der Waals surface area (Å²) in [6, 6.07) is 9.23. The highest BCUT2D eigenvalue weighted by molar-refractivity contribution is 5.98. The first-order valence-electron chi connectivity index (χ1n) is 9.92. The fraction of sp³-hybridized carbons (Fsp3) is 0.273. The minimum atomic E-state index is -1.10. The van der Waals surface area contributed by atoms with Gasteiger partial charge < -0.3 is 10.1 Å². The number of nitro groups is 2. The zero-order chi connectivity index (χ0) is 23.4. The van der Waals surface area contributed by atoms with Crippen molar-refractivity contribution in [3.05, 3.63) is 85.5 Å². The second kappa shape index (κ2) is 9.38. The summed E-state index contributed by atoms with van der Waals surface area (Å²) in [7, 11) is 0. The standard InChI is InChI=1S/C22H21N3O7/c1-3-32-22(27)20(13(2)18-9-8-14-6-4-5-7-19(14)18)23-21(26)15-10-16(24(28)29)12-17(11-15)25(30)31/h4-7,9-13,20H,3,8H2,1-2H3,(H,23,26)/t13-,20-/m0/s1. The molecule has 2 atom stereocenters. The van der Waals surface area contributed by atoms with Crippen LogP contribution in [0.4, 0.5) is 11.4 Å². The van der Waals surface area contributed by atoms with Gasteiger partial charge in [-0.1, -0.05) is 37.3 Å².